The average molecular weight is 367 g/mol. The van der Waals surface area contributed by atoms with E-state index in [0.29, 0.717) is 10.9 Å². The fourth-order valence-electron chi connectivity index (χ4n) is 2.13. The Balaban J connectivity index is 3.14. The highest BCUT2D eigenvalue weighted by atomic mass is 79.9. The Morgan fingerprint density at radius 3 is 2.55 bits per heavy atom. The molecule has 0 spiro atoms. The second-order valence-electron chi connectivity index (χ2n) is 5.54. The van der Waals surface area contributed by atoms with E-state index in [1.54, 1.807) is 6.92 Å². The quantitative estimate of drug-likeness (QED) is 0.812. The van der Waals surface area contributed by atoms with Crippen LogP contribution in [0.25, 0.3) is 0 Å². The average Bonchev–Trinajstić information content (AvgIpc) is 2.30. The molecule has 0 fully saturated rings. The number of rotatable bonds is 6. The number of hydrogen-bond donors (Lipinski definition) is 2. The van der Waals surface area contributed by atoms with Crippen molar-refractivity contribution in [2.24, 2.45) is 11.7 Å². The highest BCUT2D eigenvalue weighted by Crippen LogP contribution is 2.25. The number of benzene rings is 1. The van der Waals surface area contributed by atoms with Gasteiger partial charge in [0.05, 0.1) is 4.90 Å². The van der Waals surface area contributed by atoms with Crippen LogP contribution in [-0.2, 0) is 10.0 Å². The molecule has 0 saturated carbocycles. The molecule has 0 aliphatic heterocycles. The molecule has 0 heterocycles. The first kappa shape index (κ1) is 17.6. The monoisotopic (exact) mass is 366 g/mol. The van der Waals surface area contributed by atoms with Crippen LogP contribution in [0.15, 0.2) is 27.6 Å². The maximum atomic E-state index is 13.3. The molecule has 3 N–H and O–H groups in total. The van der Waals surface area contributed by atoms with Crippen LogP contribution in [0.5, 0.6) is 0 Å². The lowest BCUT2D eigenvalue weighted by Gasteiger charge is -2.31. The first-order valence-corrected chi connectivity index (χ1v) is 8.56. The van der Waals surface area contributed by atoms with Crippen LogP contribution in [0.4, 0.5) is 4.39 Å². The van der Waals surface area contributed by atoms with Gasteiger partial charge in [-0.1, -0.05) is 13.8 Å². The van der Waals surface area contributed by atoms with Crippen molar-refractivity contribution in [2.75, 3.05) is 6.54 Å². The molecule has 0 aliphatic rings. The van der Waals surface area contributed by atoms with Gasteiger partial charge in [-0.05, 0) is 53.4 Å². The number of hydrogen-bond acceptors (Lipinski definition) is 3. The van der Waals surface area contributed by atoms with Gasteiger partial charge in [0.25, 0.3) is 0 Å². The molecular weight excluding hydrogens is 347 g/mol. The molecule has 0 aliphatic carbocycles. The first-order chi connectivity index (χ1) is 9.09. The maximum Gasteiger partial charge on any atom is 0.242 e. The zero-order valence-corrected chi connectivity index (χ0v) is 14.2. The van der Waals surface area contributed by atoms with Crippen LogP contribution in [0.1, 0.15) is 27.2 Å². The summed E-state index contributed by atoms with van der Waals surface area (Å²) < 4.78 is 41.0. The lowest BCUT2D eigenvalue weighted by Crippen LogP contribution is -2.52. The van der Waals surface area contributed by atoms with E-state index in [-0.39, 0.29) is 17.4 Å². The van der Waals surface area contributed by atoms with E-state index < -0.39 is 21.4 Å². The van der Waals surface area contributed by atoms with Crippen molar-refractivity contribution in [3.63, 3.8) is 0 Å². The Morgan fingerprint density at radius 2 is 2.05 bits per heavy atom. The normalized spacial score (nSPS) is 15.3. The molecule has 1 unspecified atom stereocenters. The molecule has 0 amide bonds. The van der Waals surface area contributed by atoms with Gasteiger partial charge >= 0.3 is 0 Å². The van der Waals surface area contributed by atoms with E-state index in [4.69, 9.17) is 5.73 Å². The van der Waals surface area contributed by atoms with Crippen LogP contribution in [0.2, 0.25) is 0 Å². The molecule has 0 saturated heterocycles. The summed E-state index contributed by atoms with van der Waals surface area (Å²) in [5.41, 5.74) is 4.93. The lowest BCUT2D eigenvalue weighted by molar-refractivity contribution is 0.344. The number of nitrogens with one attached hydrogen (secondary N) is 1. The van der Waals surface area contributed by atoms with Gasteiger partial charge in [-0.25, -0.2) is 17.5 Å². The second-order valence-corrected chi connectivity index (χ2v) is 8.05. The van der Waals surface area contributed by atoms with Crippen LogP contribution in [-0.4, -0.2) is 20.5 Å². The van der Waals surface area contributed by atoms with Gasteiger partial charge in [-0.2, -0.15) is 0 Å². The number of sulfonamides is 1. The fraction of sp³-hybridized carbons (Fsp3) is 0.538. The molecule has 114 valence electrons. The van der Waals surface area contributed by atoms with Gasteiger partial charge in [0.2, 0.25) is 10.0 Å². The van der Waals surface area contributed by atoms with E-state index >= 15 is 0 Å². The highest BCUT2D eigenvalue weighted by molar-refractivity contribution is 9.10. The zero-order chi connectivity index (χ0) is 15.6. The van der Waals surface area contributed by atoms with E-state index in [1.807, 2.05) is 13.8 Å². The maximum absolute atomic E-state index is 13.3. The van der Waals surface area contributed by atoms with Crippen LogP contribution < -0.4 is 10.5 Å². The van der Waals surface area contributed by atoms with Gasteiger partial charge in [0.15, 0.2) is 0 Å². The van der Waals surface area contributed by atoms with Crippen LogP contribution >= 0.6 is 15.9 Å². The molecule has 20 heavy (non-hydrogen) atoms. The number of halogens is 2. The Kier molecular flexibility index (Phi) is 5.71. The van der Waals surface area contributed by atoms with Crippen LogP contribution in [0.3, 0.4) is 0 Å². The van der Waals surface area contributed by atoms with Crippen molar-refractivity contribution in [3.8, 4) is 0 Å². The Morgan fingerprint density at radius 1 is 1.45 bits per heavy atom. The summed E-state index contributed by atoms with van der Waals surface area (Å²) >= 11 is 3.13. The van der Waals surface area contributed by atoms with Crippen molar-refractivity contribution >= 4 is 26.0 Å². The smallest absolute Gasteiger partial charge is 0.242 e. The Bertz CT molecular complexity index is 578. The van der Waals surface area contributed by atoms with Gasteiger partial charge < -0.3 is 5.73 Å². The molecule has 1 atom stereocenters. The molecule has 7 heteroatoms. The number of nitrogens with two attached hydrogens (primary N) is 1. The largest absolute Gasteiger partial charge is 0.329 e. The van der Waals surface area contributed by atoms with E-state index in [1.165, 1.54) is 12.1 Å². The summed E-state index contributed by atoms with van der Waals surface area (Å²) in [6, 6.07) is 3.55. The molecule has 1 aromatic carbocycles. The Labute approximate surface area is 128 Å². The summed E-state index contributed by atoms with van der Waals surface area (Å²) in [6.07, 6.45) is 0.593. The van der Waals surface area contributed by atoms with Gasteiger partial charge in [0.1, 0.15) is 5.82 Å². The van der Waals surface area contributed by atoms with Crippen molar-refractivity contribution in [1.29, 1.82) is 0 Å². The highest BCUT2D eigenvalue weighted by Gasteiger charge is 2.31. The minimum atomic E-state index is -3.85. The fourth-order valence-corrected chi connectivity index (χ4v) is 4.53. The van der Waals surface area contributed by atoms with Gasteiger partial charge in [-0.15, -0.1) is 0 Å². The topological polar surface area (TPSA) is 72.2 Å². The summed E-state index contributed by atoms with van der Waals surface area (Å²) in [5, 5.41) is 0. The summed E-state index contributed by atoms with van der Waals surface area (Å²) in [7, 11) is -3.85. The second kappa shape index (κ2) is 6.51. The Hall–Kier alpha value is -0.500. The molecule has 4 nitrogen and oxygen atoms in total. The van der Waals surface area contributed by atoms with E-state index in [9.17, 15) is 12.8 Å². The van der Waals surface area contributed by atoms with Crippen molar-refractivity contribution in [1.82, 2.24) is 4.72 Å². The molecule has 0 aromatic heterocycles. The standard InChI is InChI=1S/C13H20BrFN2O2S/c1-9(2)7-13(3,8-16)17-20(18,19)12-6-10(15)4-5-11(12)14/h4-6,9,17H,7-8,16H2,1-3H3. The summed E-state index contributed by atoms with van der Waals surface area (Å²) in [4.78, 5) is -0.124. The third kappa shape index (κ3) is 4.51. The molecule has 0 radical (unpaired) electrons. The predicted molar refractivity (Wildman–Crippen MR) is 81.3 cm³/mol. The van der Waals surface area contributed by atoms with Crippen molar-refractivity contribution < 1.29 is 12.8 Å². The molecule has 0 bridgehead atoms. The van der Waals surface area contributed by atoms with E-state index in [2.05, 4.69) is 20.7 Å². The summed E-state index contributed by atoms with van der Waals surface area (Å²) in [6.45, 7) is 5.88. The first-order valence-electron chi connectivity index (χ1n) is 6.29. The third-order valence-electron chi connectivity index (χ3n) is 2.87. The molecule has 1 rings (SSSR count). The lowest BCUT2D eigenvalue weighted by atomic mass is 9.92. The van der Waals surface area contributed by atoms with Gasteiger partial charge in [0, 0.05) is 16.6 Å². The molecular formula is C13H20BrFN2O2S. The summed E-state index contributed by atoms with van der Waals surface area (Å²) in [5.74, 6) is -0.325. The molecule has 1 aromatic rings. The minimum Gasteiger partial charge on any atom is -0.329 e. The minimum absolute atomic E-state index is 0.124. The van der Waals surface area contributed by atoms with Crippen molar-refractivity contribution in [3.05, 3.63) is 28.5 Å². The van der Waals surface area contributed by atoms with Gasteiger partial charge in [-0.3, -0.25) is 0 Å². The van der Waals surface area contributed by atoms with Crippen LogP contribution in [0, 0.1) is 11.7 Å². The SMILES string of the molecule is CC(C)CC(C)(CN)NS(=O)(=O)c1cc(F)ccc1Br. The predicted octanol–water partition coefficient (Wildman–Crippen LogP) is 2.63. The third-order valence-corrected chi connectivity index (χ3v) is 5.51. The zero-order valence-electron chi connectivity index (χ0n) is 11.8. The van der Waals surface area contributed by atoms with Crippen molar-refractivity contribution in [2.45, 2.75) is 37.6 Å². The van der Waals surface area contributed by atoms with E-state index in [0.717, 1.165) is 6.07 Å².